The van der Waals surface area contributed by atoms with Crippen molar-refractivity contribution in [2.24, 2.45) is 5.73 Å². The van der Waals surface area contributed by atoms with Gasteiger partial charge in [0.15, 0.2) is 6.61 Å². The molecule has 7 nitrogen and oxygen atoms in total. The average Bonchev–Trinajstić information content (AvgIpc) is 2.53. The van der Waals surface area contributed by atoms with Crippen LogP contribution < -0.4 is 5.73 Å². The zero-order valence-corrected chi connectivity index (χ0v) is 13.7. The van der Waals surface area contributed by atoms with Crippen LogP contribution in [0.4, 0.5) is 0 Å². The summed E-state index contributed by atoms with van der Waals surface area (Å²) in [7, 11) is -3.57. The van der Waals surface area contributed by atoms with Gasteiger partial charge in [0, 0.05) is 12.6 Å². The molecule has 1 aromatic rings. The average molecular weight is 340 g/mol. The maximum Gasteiger partial charge on any atom is 0.338 e. The minimum atomic E-state index is -3.57. The second-order valence-electron chi connectivity index (χ2n) is 5.53. The van der Waals surface area contributed by atoms with Gasteiger partial charge in [-0.3, -0.25) is 4.79 Å². The number of nitrogens with two attached hydrogens (primary N) is 1. The molecule has 0 aromatic heterocycles. The third-order valence-corrected chi connectivity index (χ3v) is 5.81. The Labute approximate surface area is 135 Å². The van der Waals surface area contributed by atoms with E-state index in [1.165, 1.54) is 28.6 Å². The molecule has 1 amide bonds. The van der Waals surface area contributed by atoms with Gasteiger partial charge in [0.1, 0.15) is 0 Å². The molecule has 0 aliphatic carbocycles. The second-order valence-corrected chi connectivity index (χ2v) is 7.42. The standard InChI is InChI=1S/C15H20N2O5S/c1-11-4-2-3-9-17(11)23(20,21)13-7-5-12(6-8-13)15(19)22-10-14(16)18/h5-8,11H,2-4,9-10H2,1H3,(H2,16,18)/t11-/m1/s1. The molecule has 0 radical (unpaired) electrons. The first kappa shape index (κ1) is 17.4. The van der Waals surface area contributed by atoms with Gasteiger partial charge in [-0.25, -0.2) is 13.2 Å². The Morgan fingerprint density at radius 2 is 1.91 bits per heavy atom. The quantitative estimate of drug-likeness (QED) is 0.801. The highest BCUT2D eigenvalue weighted by Gasteiger charge is 2.30. The molecular weight excluding hydrogens is 320 g/mol. The molecule has 1 aliphatic rings. The molecule has 0 saturated carbocycles. The number of esters is 1. The van der Waals surface area contributed by atoms with Crippen LogP contribution in [0.1, 0.15) is 36.5 Å². The van der Waals surface area contributed by atoms with E-state index in [1.807, 2.05) is 6.92 Å². The first-order valence-corrected chi connectivity index (χ1v) is 8.83. The lowest BCUT2D eigenvalue weighted by molar-refractivity contribution is -0.121. The number of carbonyl (C=O) groups excluding carboxylic acids is 2. The Morgan fingerprint density at radius 3 is 2.48 bits per heavy atom. The molecule has 1 heterocycles. The number of rotatable bonds is 5. The summed E-state index contributed by atoms with van der Waals surface area (Å²) in [6.07, 6.45) is 2.72. The van der Waals surface area contributed by atoms with Crippen molar-refractivity contribution in [3.05, 3.63) is 29.8 Å². The number of ether oxygens (including phenoxy) is 1. The molecule has 1 fully saturated rings. The molecule has 0 bridgehead atoms. The molecule has 1 aromatic carbocycles. The van der Waals surface area contributed by atoms with Crippen LogP contribution in [-0.4, -0.2) is 43.8 Å². The summed E-state index contributed by atoms with van der Waals surface area (Å²) in [5.74, 6) is -1.48. The van der Waals surface area contributed by atoms with Crippen LogP contribution in [0.15, 0.2) is 29.2 Å². The van der Waals surface area contributed by atoms with Crippen molar-refractivity contribution in [2.75, 3.05) is 13.2 Å². The first-order valence-electron chi connectivity index (χ1n) is 7.39. The maximum absolute atomic E-state index is 12.6. The van der Waals surface area contributed by atoms with E-state index in [4.69, 9.17) is 5.73 Å². The molecule has 126 valence electrons. The van der Waals surface area contributed by atoms with E-state index in [1.54, 1.807) is 0 Å². The van der Waals surface area contributed by atoms with Gasteiger partial charge in [-0.15, -0.1) is 0 Å². The van der Waals surface area contributed by atoms with Crippen LogP contribution in [0.2, 0.25) is 0 Å². The van der Waals surface area contributed by atoms with E-state index in [0.717, 1.165) is 19.3 Å². The number of hydrogen-bond acceptors (Lipinski definition) is 5. The summed E-state index contributed by atoms with van der Waals surface area (Å²) in [6, 6.07) is 5.44. The minimum absolute atomic E-state index is 0.0334. The van der Waals surface area contributed by atoms with Crippen molar-refractivity contribution in [1.82, 2.24) is 4.31 Å². The zero-order valence-electron chi connectivity index (χ0n) is 12.9. The fourth-order valence-electron chi connectivity index (χ4n) is 2.55. The molecule has 1 saturated heterocycles. The smallest absolute Gasteiger partial charge is 0.338 e. The van der Waals surface area contributed by atoms with E-state index >= 15 is 0 Å². The summed E-state index contributed by atoms with van der Waals surface area (Å²) in [4.78, 5) is 22.4. The van der Waals surface area contributed by atoms with Crippen molar-refractivity contribution < 1.29 is 22.7 Å². The molecule has 0 unspecified atom stereocenters. The highest BCUT2D eigenvalue weighted by atomic mass is 32.2. The van der Waals surface area contributed by atoms with E-state index in [-0.39, 0.29) is 16.5 Å². The minimum Gasteiger partial charge on any atom is -0.452 e. The van der Waals surface area contributed by atoms with Gasteiger partial charge in [0.25, 0.3) is 5.91 Å². The lowest BCUT2D eigenvalue weighted by atomic mass is 10.1. The Kier molecular flexibility index (Phi) is 5.38. The number of sulfonamides is 1. The van der Waals surface area contributed by atoms with Crippen LogP contribution in [0.3, 0.4) is 0 Å². The molecule has 8 heteroatoms. The van der Waals surface area contributed by atoms with Gasteiger partial charge < -0.3 is 10.5 Å². The van der Waals surface area contributed by atoms with Gasteiger partial charge in [-0.1, -0.05) is 6.42 Å². The Hall–Kier alpha value is -1.93. The topological polar surface area (TPSA) is 107 Å². The predicted molar refractivity (Wildman–Crippen MR) is 83.1 cm³/mol. The molecular formula is C15H20N2O5S. The van der Waals surface area contributed by atoms with Crippen LogP contribution in [0, 0.1) is 0 Å². The predicted octanol–water partition coefficient (Wildman–Crippen LogP) is 0.892. The van der Waals surface area contributed by atoms with Crippen molar-refractivity contribution in [2.45, 2.75) is 37.1 Å². The summed E-state index contributed by atoms with van der Waals surface area (Å²) >= 11 is 0. The number of carbonyl (C=O) groups is 2. The lowest BCUT2D eigenvalue weighted by Gasteiger charge is -2.32. The number of piperidine rings is 1. The monoisotopic (exact) mass is 340 g/mol. The molecule has 1 atom stereocenters. The van der Waals surface area contributed by atoms with Gasteiger partial charge in [0.05, 0.1) is 10.5 Å². The van der Waals surface area contributed by atoms with E-state index in [0.29, 0.717) is 6.54 Å². The zero-order chi connectivity index (χ0) is 17.0. The normalized spacial score (nSPS) is 19.3. The number of benzene rings is 1. The van der Waals surface area contributed by atoms with Crippen molar-refractivity contribution in [3.8, 4) is 0 Å². The van der Waals surface area contributed by atoms with Gasteiger partial charge in [0.2, 0.25) is 10.0 Å². The van der Waals surface area contributed by atoms with Crippen LogP contribution in [0.5, 0.6) is 0 Å². The summed E-state index contributed by atoms with van der Waals surface area (Å²) < 4.78 is 31.5. The maximum atomic E-state index is 12.6. The van der Waals surface area contributed by atoms with Gasteiger partial charge in [-0.2, -0.15) is 4.31 Å². The molecule has 23 heavy (non-hydrogen) atoms. The first-order chi connectivity index (χ1) is 10.8. The van der Waals surface area contributed by atoms with Crippen LogP contribution in [0.25, 0.3) is 0 Å². The highest BCUT2D eigenvalue weighted by molar-refractivity contribution is 7.89. The third kappa shape index (κ3) is 4.08. The van der Waals surface area contributed by atoms with Crippen molar-refractivity contribution in [3.63, 3.8) is 0 Å². The van der Waals surface area contributed by atoms with E-state index < -0.39 is 28.5 Å². The van der Waals surface area contributed by atoms with Crippen LogP contribution >= 0.6 is 0 Å². The highest BCUT2D eigenvalue weighted by Crippen LogP contribution is 2.25. The largest absolute Gasteiger partial charge is 0.452 e. The fraction of sp³-hybridized carbons (Fsp3) is 0.467. The summed E-state index contributed by atoms with van der Waals surface area (Å²) in [5.41, 5.74) is 5.06. The fourth-order valence-corrected chi connectivity index (χ4v) is 4.25. The number of nitrogens with zero attached hydrogens (tertiary/aromatic N) is 1. The second kappa shape index (κ2) is 7.10. The lowest BCUT2D eigenvalue weighted by Crippen LogP contribution is -2.41. The molecule has 1 aliphatic heterocycles. The number of primary amides is 1. The van der Waals surface area contributed by atoms with Gasteiger partial charge >= 0.3 is 5.97 Å². The molecule has 2 rings (SSSR count). The van der Waals surface area contributed by atoms with E-state index in [2.05, 4.69) is 4.74 Å². The summed E-state index contributed by atoms with van der Waals surface area (Å²) in [6.45, 7) is 1.89. The summed E-state index contributed by atoms with van der Waals surface area (Å²) in [5, 5.41) is 0. The third-order valence-electron chi connectivity index (χ3n) is 3.78. The number of amides is 1. The Bertz CT molecular complexity index is 684. The molecule has 2 N–H and O–H groups in total. The van der Waals surface area contributed by atoms with Crippen molar-refractivity contribution >= 4 is 21.9 Å². The Morgan fingerprint density at radius 1 is 1.26 bits per heavy atom. The SMILES string of the molecule is C[C@@H]1CCCCN1S(=O)(=O)c1ccc(C(=O)OCC(N)=O)cc1. The van der Waals surface area contributed by atoms with Crippen molar-refractivity contribution in [1.29, 1.82) is 0 Å². The molecule has 0 spiro atoms. The van der Waals surface area contributed by atoms with E-state index in [9.17, 15) is 18.0 Å². The van der Waals surface area contributed by atoms with Crippen LogP contribution in [-0.2, 0) is 19.6 Å². The number of hydrogen-bond donors (Lipinski definition) is 1. The van der Waals surface area contributed by atoms with Gasteiger partial charge in [-0.05, 0) is 44.0 Å². The Balaban J connectivity index is 2.15.